The molecule has 3 rings (SSSR count). The van der Waals surface area contributed by atoms with E-state index < -0.39 is 0 Å². The molecule has 0 spiro atoms. The van der Waals surface area contributed by atoms with Crippen LogP contribution in [0.5, 0.6) is 0 Å². The van der Waals surface area contributed by atoms with E-state index in [9.17, 15) is 4.79 Å². The largest absolute Gasteiger partial charge is 0.464 e. The quantitative estimate of drug-likeness (QED) is 0.792. The summed E-state index contributed by atoms with van der Waals surface area (Å²) >= 11 is 0. The van der Waals surface area contributed by atoms with Crippen molar-refractivity contribution >= 4 is 22.7 Å². The number of furan rings is 1. The number of benzene rings is 1. The number of carbonyl (C=O) groups excluding carboxylic acids is 1. The summed E-state index contributed by atoms with van der Waals surface area (Å²) in [4.78, 5) is 19.8. The maximum Gasteiger partial charge on any atom is 0.230 e. The Hall–Kier alpha value is -2.69. The molecule has 2 heterocycles. The molecule has 0 fully saturated rings. The van der Waals surface area contributed by atoms with Crippen LogP contribution in [0.3, 0.4) is 0 Å². The van der Waals surface area contributed by atoms with Crippen molar-refractivity contribution < 1.29 is 9.21 Å². The van der Waals surface area contributed by atoms with E-state index in [0.29, 0.717) is 5.82 Å². The predicted molar refractivity (Wildman–Crippen MR) is 75.3 cm³/mol. The Labute approximate surface area is 115 Å². The Morgan fingerprint density at radius 2 is 2.25 bits per heavy atom. The third-order valence-electron chi connectivity index (χ3n) is 3.01. The number of hydrogen-bond acceptors (Lipinski definition) is 4. The second-order valence-corrected chi connectivity index (χ2v) is 4.58. The SMILES string of the molecule is Cc1ccc2occ(CC(=O)Nc3ccncn3)c2c1. The fourth-order valence-corrected chi connectivity index (χ4v) is 2.06. The normalized spacial score (nSPS) is 10.7. The fraction of sp³-hybridized carbons (Fsp3) is 0.133. The number of fused-ring (bicyclic) bond motifs is 1. The third kappa shape index (κ3) is 2.51. The van der Waals surface area contributed by atoms with Crippen molar-refractivity contribution in [2.45, 2.75) is 13.3 Å². The van der Waals surface area contributed by atoms with Crippen LogP contribution in [0.2, 0.25) is 0 Å². The molecule has 1 aromatic carbocycles. The average molecular weight is 267 g/mol. The molecule has 0 unspecified atom stereocenters. The molecule has 0 atom stereocenters. The van der Waals surface area contributed by atoms with Gasteiger partial charge in [-0.3, -0.25) is 4.79 Å². The summed E-state index contributed by atoms with van der Waals surface area (Å²) in [7, 11) is 0. The minimum absolute atomic E-state index is 0.132. The highest BCUT2D eigenvalue weighted by Gasteiger charge is 2.11. The first kappa shape index (κ1) is 12.3. The molecule has 1 N–H and O–H groups in total. The van der Waals surface area contributed by atoms with E-state index in [0.717, 1.165) is 22.1 Å². The second-order valence-electron chi connectivity index (χ2n) is 4.58. The minimum Gasteiger partial charge on any atom is -0.464 e. The molecule has 1 amide bonds. The summed E-state index contributed by atoms with van der Waals surface area (Å²) < 4.78 is 5.45. The Morgan fingerprint density at radius 1 is 1.35 bits per heavy atom. The highest BCUT2D eigenvalue weighted by molar-refractivity contribution is 5.94. The molecule has 100 valence electrons. The van der Waals surface area contributed by atoms with Gasteiger partial charge in [-0.05, 0) is 25.1 Å². The average Bonchev–Trinajstić information content (AvgIpc) is 2.82. The first-order valence-electron chi connectivity index (χ1n) is 6.25. The van der Waals surface area contributed by atoms with Crippen molar-refractivity contribution in [3.63, 3.8) is 0 Å². The number of hydrogen-bond donors (Lipinski definition) is 1. The van der Waals surface area contributed by atoms with Crippen LogP contribution in [-0.2, 0) is 11.2 Å². The standard InChI is InChI=1S/C15H13N3O2/c1-10-2-3-13-12(6-10)11(8-20-13)7-15(19)18-14-4-5-16-9-17-14/h2-6,8-9H,7H2,1H3,(H,16,17,18,19). The van der Waals surface area contributed by atoms with Crippen LogP contribution >= 0.6 is 0 Å². The number of nitrogens with one attached hydrogen (secondary N) is 1. The maximum absolute atomic E-state index is 12.0. The molecule has 3 aromatic rings. The Morgan fingerprint density at radius 3 is 3.05 bits per heavy atom. The van der Waals surface area contributed by atoms with Gasteiger partial charge in [0.2, 0.25) is 5.91 Å². The molecular formula is C15H13N3O2. The van der Waals surface area contributed by atoms with E-state index in [2.05, 4.69) is 15.3 Å². The number of anilines is 1. The zero-order chi connectivity index (χ0) is 13.9. The molecule has 0 saturated carbocycles. The molecule has 0 aliphatic rings. The molecule has 0 aliphatic heterocycles. The van der Waals surface area contributed by atoms with Crippen LogP contribution in [0.4, 0.5) is 5.82 Å². The lowest BCUT2D eigenvalue weighted by Crippen LogP contribution is -2.15. The number of aryl methyl sites for hydroxylation is 1. The summed E-state index contributed by atoms with van der Waals surface area (Å²) in [5.41, 5.74) is 2.80. The van der Waals surface area contributed by atoms with E-state index in [1.54, 1.807) is 18.5 Å². The highest BCUT2D eigenvalue weighted by atomic mass is 16.3. The van der Waals surface area contributed by atoms with Crippen LogP contribution in [0.1, 0.15) is 11.1 Å². The molecule has 5 heteroatoms. The number of amides is 1. The summed E-state index contributed by atoms with van der Waals surface area (Å²) in [6.07, 6.45) is 4.86. The van der Waals surface area contributed by atoms with Gasteiger partial charge in [0.1, 0.15) is 17.7 Å². The summed E-state index contributed by atoms with van der Waals surface area (Å²) in [6, 6.07) is 7.56. The maximum atomic E-state index is 12.0. The zero-order valence-electron chi connectivity index (χ0n) is 11.0. The zero-order valence-corrected chi connectivity index (χ0v) is 11.0. The van der Waals surface area contributed by atoms with Gasteiger partial charge >= 0.3 is 0 Å². The predicted octanol–water partition coefficient (Wildman–Crippen LogP) is 2.71. The summed E-state index contributed by atoms with van der Waals surface area (Å²) in [5.74, 6) is 0.363. The van der Waals surface area contributed by atoms with Crippen molar-refractivity contribution in [3.8, 4) is 0 Å². The molecular weight excluding hydrogens is 254 g/mol. The van der Waals surface area contributed by atoms with Gasteiger partial charge in [0, 0.05) is 17.1 Å². The van der Waals surface area contributed by atoms with Gasteiger partial charge < -0.3 is 9.73 Å². The number of rotatable bonds is 3. The van der Waals surface area contributed by atoms with Gasteiger partial charge in [-0.1, -0.05) is 11.6 Å². The molecule has 0 aliphatic carbocycles. The van der Waals surface area contributed by atoms with Crippen molar-refractivity contribution in [3.05, 3.63) is 54.2 Å². The fourth-order valence-electron chi connectivity index (χ4n) is 2.06. The molecule has 20 heavy (non-hydrogen) atoms. The number of carbonyl (C=O) groups is 1. The molecule has 2 aromatic heterocycles. The summed E-state index contributed by atoms with van der Waals surface area (Å²) in [5, 5.41) is 3.70. The van der Waals surface area contributed by atoms with Gasteiger partial charge in [0.15, 0.2) is 0 Å². The lowest BCUT2D eigenvalue weighted by Gasteiger charge is -2.02. The molecule has 0 bridgehead atoms. The van der Waals surface area contributed by atoms with Crippen molar-refractivity contribution in [1.29, 1.82) is 0 Å². The highest BCUT2D eigenvalue weighted by Crippen LogP contribution is 2.23. The van der Waals surface area contributed by atoms with Crippen LogP contribution in [0.25, 0.3) is 11.0 Å². The van der Waals surface area contributed by atoms with Crippen LogP contribution in [0.15, 0.2) is 47.5 Å². The minimum atomic E-state index is -0.132. The van der Waals surface area contributed by atoms with Crippen LogP contribution < -0.4 is 5.32 Å². The van der Waals surface area contributed by atoms with Gasteiger partial charge in [0.25, 0.3) is 0 Å². The van der Waals surface area contributed by atoms with Gasteiger partial charge in [-0.2, -0.15) is 0 Å². The Balaban J connectivity index is 1.79. The number of aromatic nitrogens is 2. The van der Waals surface area contributed by atoms with Gasteiger partial charge in [0.05, 0.1) is 12.7 Å². The first-order chi connectivity index (χ1) is 9.72. The van der Waals surface area contributed by atoms with E-state index >= 15 is 0 Å². The lowest BCUT2D eigenvalue weighted by atomic mass is 10.1. The van der Waals surface area contributed by atoms with Crippen LogP contribution in [0, 0.1) is 6.92 Å². The molecule has 0 radical (unpaired) electrons. The molecule has 0 saturated heterocycles. The second kappa shape index (κ2) is 5.13. The summed E-state index contributed by atoms with van der Waals surface area (Å²) in [6.45, 7) is 2.01. The van der Waals surface area contributed by atoms with Crippen molar-refractivity contribution in [1.82, 2.24) is 9.97 Å². The Kier molecular flexibility index (Phi) is 3.16. The monoisotopic (exact) mass is 267 g/mol. The van der Waals surface area contributed by atoms with Gasteiger partial charge in [-0.15, -0.1) is 0 Å². The smallest absolute Gasteiger partial charge is 0.230 e. The first-order valence-corrected chi connectivity index (χ1v) is 6.25. The van der Waals surface area contributed by atoms with Gasteiger partial charge in [-0.25, -0.2) is 9.97 Å². The third-order valence-corrected chi connectivity index (χ3v) is 3.01. The van der Waals surface area contributed by atoms with E-state index in [-0.39, 0.29) is 12.3 Å². The van der Waals surface area contributed by atoms with Crippen molar-refractivity contribution in [2.75, 3.05) is 5.32 Å². The van der Waals surface area contributed by atoms with E-state index in [1.807, 2.05) is 25.1 Å². The number of nitrogens with zero attached hydrogens (tertiary/aromatic N) is 2. The van der Waals surface area contributed by atoms with Crippen molar-refractivity contribution in [2.24, 2.45) is 0 Å². The molecule has 5 nitrogen and oxygen atoms in total. The van der Waals surface area contributed by atoms with Crippen LogP contribution in [-0.4, -0.2) is 15.9 Å². The van der Waals surface area contributed by atoms with E-state index in [4.69, 9.17) is 4.42 Å². The topological polar surface area (TPSA) is 68.0 Å². The van der Waals surface area contributed by atoms with E-state index in [1.165, 1.54) is 6.33 Å². The Bertz CT molecular complexity index is 750. The lowest BCUT2D eigenvalue weighted by molar-refractivity contribution is -0.115.